The van der Waals surface area contributed by atoms with Gasteiger partial charge in [-0.05, 0) is 25.7 Å². The molecule has 1 saturated heterocycles. The SMILES string of the molecule is C=CC(=O)OC(CCCC)(C(=O)OCC1CO1)C(C)CCCCCCC(=O)O. The summed E-state index contributed by atoms with van der Waals surface area (Å²) in [7, 11) is 0. The van der Waals surface area contributed by atoms with E-state index in [-0.39, 0.29) is 25.0 Å². The van der Waals surface area contributed by atoms with Gasteiger partial charge in [0.25, 0.3) is 0 Å². The van der Waals surface area contributed by atoms with Crippen LogP contribution in [0.15, 0.2) is 12.7 Å². The van der Waals surface area contributed by atoms with Gasteiger partial charge in [0.1, 0.15) is 12.7 Å². The Morgan fingerprint density at radius 2 is 1.93 bits per heavy atom. The molecule has 7 nitrogen and oxygen atoms in total. The van der Waals surface area contributed by atoms with Crippen LogP contribution in [0.4, 0.5) is 0 Å². The van der Waals surface area contributed by atoms with Gasteiger partial charge in [0.05, 0.1) is 6.61 Å². The van der Waals surface area contributed by atoms with Crippen LogP contribution in [-0.2, 0) is 28.6 Å². The summed E-state index contributed by atoms with van der Waals surface area (Å²) in [6.07, 6.45) is 6.96. The van der Waals surface area contributed by atoms with E-state index in [9.17, 15) is 14.4 Å². The second-order valence-corrected chi connectivity index (χ2v) is 7.42. The van der Waals surface area contributed by atoms with Crippen molar-refractivity contribution in [2.24, 2.45) is 5.92 Å². The van der Waals surface area contributed by atoms with Crippen molar-refractivity contribution in [2.75, 3.05) is 13.2 Å². The number of carboxylic acid groups (broad SMARTS) is 1. The van der Waals surface area contributed by atoms with Crippen molar-refractivity contribution in [1.82, 2.24) is 0 Å². The second kappa shape index (κ2) is 12.5. The molecular formula is C21H34O7. The first-order valence-corrected chi connectivity index (χ1v) is 10.2. The summed E-state index contributed by atoms with van der Waals surface area (Å²) in [6, 6.07) is 0. The van der Waals surface area contributed by atoms with E-state index < -0.39 is 23.5 Å². The van der Waals surface area contributed by atoms with Crippen LogP contribution in [0.5, 0.6) is 0 Å². The number of ether oxygens (including phenoxy) is 3. The molecule has 0 aromatic heterocycles. The standard InChI is InChI=1S/C21H34O7/c1-4-6-13-21(28-19(24)5-2,20(25)27-15-17-14-26-17)16(3)11-9-7-8-10-12-18(22)23/h5,16-17H,2,4,6-15H2,1,3H3,(H,22,23). The molecule has 0 radical (unpaired) electrons. The Bertz CT molecular complexity index is 527. The molecule has 0 aromatic rings. The molecule has 160 valence electrons. The van der Waals surface area contributed by atoms with Crippen molar-refractivity contribution in [3.63, 3.8) is 0 Å². The molecule has 3 atom stereocenters. The predicted molar refractivity (Wildman–Crippen MR) is 104 cm³/mol. The smallest absolute Gasteiger partial charge is 0.350 e. The number of rotatable bonds is 16. The van der Waals surface area contributed by atoms with Crippen LogP contribution in [0.3, 0.4) is 0 Å². The van der Waals surface area contributed by atoms with Gasteiger partial charge in [-0.15, -0.1) is 0 Å². The highest BCUT2D eigenvalue weighted by molar-refractivity contribution is 5.87. The normalized spacial score (nSPS) is 18.6. The van der Waals surface area contributed by atoms with Gasteiger partial charge in [-0.3, -0.25) is 4.79 Å². The molecule has 1 heterocycles. The molecule has 28 heavy (non-hydrogen) atoms. The Morgan fingerprint density at radius 3 is 2.50 bits per heavy atom. The van der Waals surface area contributed by atoms with Gasteiger partial charge >= 0.3 is 17.9 Å². The number of epoxide rings is 1. The highest BCUT2D eigenvalue weighted by Gasteiger charge is 2.48. The summed E-state index contributed by atoms with van der Waals surface area (Å²) in [5.41, 5.74) is -1.34. The first-order chi connectivity index (χ1) is 13.4. The van der Waals surface area contributed by atoms with E-state index in [1.54, 1.807) is 0 Å². The van der Waals surface area contributed by atoms with Gasteiger partial charge in [-0.1, -0.05) is 46.1 Å². The Morgan fingerprint density at radius 1 is 1.25 bits per heavy atom. The maximum absolute atomic E-state index is 13.0. The van der Waals surface area contributed by atoms with Crippen molar-refractivity contribution < 1.29 is 33.7 Å². The number of unbranched alkanes of at least 4 members (excludes halogenated alkanes) is 4. The Labute approximate surface area is 167 Å². The lowest BCUT2D eigenvalue weighted by Crippen LogP contribution is -2.50. The van der Waals surface area contributed by atoms with Crippen LogP contribution < -0.4 is 0 Å². The van der Waals surface area contributed by atoms with Crippen LogP contribution in [0.2, 0.25) is 0 Å². The molecule has 0 spiro atoms. The fourth-order valence-corrected chi connectivity index (χ4v) is 3.17. The van der Waals surface area contributed by atoms with Crippen molar-refractivity contribution in [3.05, 3.63) is 12.7 Å². The lowest BCUT2D eigenvalue weighted by molar-refractivity contribution is -0.189. The molecule has 3 unspecified atom stereocenters. The van der Waals surface area contributed by atoms with E-state index in [0.29, 0.717) is 25.9 Å². The summed E-state index contributed by atoms with van der Waals surface area (Å²) in [4.78, 5) is 35.5. The maximum atomic E-state index is 13.0. The number of hydrogen-bond acceptors (Lipinski definition) is 6. The summed E-state index contributed by atoms with van der Waals surface area (Å²) in [6.45, 7) is 8.10. The molecular weight excluding hydrogens is 364 g/mol. The molecule has 1 aliphatic rings. The molecule has 1 fully saturated rings. The van der Waals surface area contributed by atoms with Crippen molar-refractivity contribution in [2.45, 2.75) is 83.3 Å². The van der Waals surface area contributed by atoms with E-state index >= 15 is 0 Å². The Kier molecular flexibility index (Phi) is 10.8. The average Bonchev–Trinajstić information content (AvgIpc) is 3.49. The number of carboxylic acids is 1. The van der Waals surface area contributed by atoms with Gasteiger partial charge in [0.15, 0.2) is 0 Å². The summed E-state index contributed by atoms with van der Waals surface area (Å²) in [5, 5.41) is 8.69. The summed E-state index contributed by atoms with van der Waals surface area (Å²) < 4.78 is 16.1. The van der Waals surface area contributed by atoms with E-state index in [4.69, 9.17) is 19.3 Å². The largest absolute Gasteiger partial charge is 0.481 e. The van der Waals surface area contributed by atoms with E-state index in [1.165, 1.54) is 0 Å². The second-order valence-electron chi connectivity index (χ2n) is 7.42. The molecule has 7 heteroatoms. The molecule has 1 N–H and O–H groups in total. The van der Waals surface area contributed by atoms with E-state index in [1.807, 2.05) is 13.8 Å². The lowest BCUT2D eigenvalue weighted by Gasteiger charge is -2.36. The third kappa shape index (κ3) is 8.42. The lowest BCUT2D eigenvalue weighted by atomic mass is 9.80. The number of carbonyl (C=O) groups is 3. The number of aliphatic carboxylic acids is 1. The van der Waals surface area contributed by atoms with Crippen LogP contribution in [0.25, 0.3) is 0 Å². The number of carbonyl (C=O) groups excluding carboxylic acids is 2. The minimum absolute atomic E-state index is 0.0625. The molecule has 0 aromatic carbocycles. The van der Waals surface area contributed by atoms with Crippen molar-refractivity contribution >= 4 is 17.9 Å². The Hall–Kier alpha value is -1.89. The van der Waals surface area contributed by atoms with Crippen LogP contribution in [-0.4, -0.2) is 47.9 Å². The fourth-order valence-electron chi connectivity index (χ4n) is 3.17. The third-order valence-electron chi connectivity index (χ3n) is 5.07. The molecule has 0 aliphatic carbocycles. The Balaban J connectivity index is 2.75. The minimum Gasteiger partial charge on any atom is -0.481 e. The molecule has 1 rings (SSSR count). The summed E-state index contributed by atoms with van der Waals surface area (Å²) >= 11 is 0. The zero-order valence-electron chi connectivity index (χ0n) is 17.1. The molecule has 0 saturated carbocycles. The minimum atomic E-state index is -1.34. The molecule has 0 bridgehead atoms. The van der Waals surface area contributed by atoms with Crippen molar-refractivity contribution in [1.29, 1.82) is 0 Å². The fraction of sp³-hybridized carbons (Fsp3) is 0.762. The van der Waals surface area contributed by atoms with E-state index in [0.717, 1.165) is 38.2 Å². The first kappa shape index (κ1) is 24.1. The van der Waals surface area contributed by atoms with Crippen molar-refractivity contribution in [3.8, 4) is 0 Å². The van der Waals surface area contributed by atoms with Gasteiger partial charge in [-0.25, -0.2) is 9.59 Å². The zero-order chi connectivity index (χ0) is 21.0. The monoisotopic (exact) mass is 398 g/mol. The molecule has 0 amide bonds. The van der Waals surface area contributed by atoms with Gasteiger partial charge in [-0.2, -0.15) is 0 Å². The first-order valence-electron chi connectivity index (χ1n) is 10.2. The van der Waals surface area contributed by atoms with Crippen LogP contribution >= 0.6 is 0 Å². The molecule has 1 aliphatic heterocycles. The topological polar surface area (TPSA) is 102 Å². The van der Waals surface area contributed by atoms with Crippen LogP contribution in [0.1, 0.15) is 71.6 Å². The highest BCUT2D eigenvalue weighted by atomic mass is 16.6. The highest BCUT2D eigenvalue weighted by Crippen LogP contribution is 2.34. The van der Waals surface area contributed by atoms with E-state index in [2.05, 4.69) is 6.58 Å². The zero-order valence-corrected chi connectivity index (χ0v) is 17.1. The average molecular weight is 398 g/mol. The van der Waals surface area contributed by atoms with Gasteiger partial charge in [0, 0.05) is 18.4 Å². The quantitative estimate of drug-likeness (QED) is 0.183. The number of hydrogen-bond donors (Lipinski definition) is 1. The third-order valence-corrected chi connectivity index (χ3v) is 5.07. The number of esters is 2. The summed E-state index contributed by atoms with van der Waals surface area (Å²) in [5.74, 6) is -2.17. The van der Waals surface area contributed by atoms with Gasteiger partial charge in [0.2, 0.25) is 5.60 Å². The van der Waals surface area contributed by atoms with Gasteiger partial charge < -0.3 is 19.3 Å². The van der Waals surface area contributed by atoms with Crippen LogP contribution in [0, 0.1) is 5.92 Å². The predicted octanol–water partition coefficient (Wildman–Crippen LogP) is 3.65. The maximum Gasteiger partial charge on any atom is 0.350 e.